The van der Waals surface area contributed by atoms with Crippen LogP contribution in [0.3, 0.4) is 0 Å². The molecule has 0 aromatic carbocycles. The minimum absolute atomic E-state index is 0.0502. The number of carbonyl (C=O) groups excluding carboxylic acids is 1. The lowest BCUT2D eigenvalue weighted by Crippen LogP contribution is -2.48. The molecule has 3 aliphatic rings. The third-order valence-electron chi connectivity index (χ3n) is 6.32. The van der Waals surface area contributed by atoms with Crippen molar-refractivity contribution in [2.45, 2.75) is 31.1 Å². The second-order valence-corrected chi connectivity index (χ2v) is 8.02. The zero-order valence-electron chi connectivity index (χ0n) is 16.3. The predicted octanol–water partition coefficient (Wildman–Crippen LogP) is 0.517. The van der Waals surface area contributed by atoms with E-state index in [1.807, 2.05) is 4.90 Å². The molecule has 1 amide bonds. The SMILES string of the molecule is O=C(c1cnccn1)N1CCCC2(CCc3c2nc(N2CCOCC2)[nH]c3=O)C1. The molecule has 2 aromatic heterocycles. The second-order valence-electron chi connectivity index (χ2n) is 8.02. The monoisotopic (exact) mass is 396 g/mol. The van der Waals surface area contributed by atoms with Gasteiger partial charge in [-0.25, -0.2) is 9.97 Å². The number of carbonyl (C=O) groups is 1. The van der Waals surface area contributed by atoms with Gasteiger partial charge >= 0.3 is 0 Å². The molecule has 9 heteroatoms. The summed E-state index contributed by atoms with van der Waals surface area (Å²) in [4.78, 5) is 45.7. The van der Waals surface area contributed by atoms with Crippen LogP contribution >= 0.6 is 0 Å². The molecule has 1 spiro atoms. The third-order valence-corrected chi connectivity index (χ3v) is 6.32. The highest BCUT2D eigenvalue weighted by atomic mass is 16.5. The number of piperidine rings is 1. The van der Waals surface area contributed by atoms with E-state index in [9.17, 15) is 9.59 Å². The van der Waals surface area contributed by atoms with Crippen LogP contribution in [0.5, 0.6) is 0 Å². The van der Waals surface area contributed by atoms with Crippen LogP contribution in [0, 0.1) is 0 Å². The summed E-state index contributed by atoms with van der Waals surface area (Å²) in [6.45, 7) is 3.94. The maximum absolute atomic E-state index is 12.9. The van der Waals surface area contributed by atoms with Crippen LogP contribution in [0.2, 0.25) is 0 Å². The van der Waals surface area contributed by atoms with E-state index in [4.69, 9.17) is 9.72 Å². The number of likely N-dealkylation sites (tertiary alicyclic amines) is 1. The van der Waals surface area contributed by atoms with Gasteiger partial charge in [-0.05, 0) is 25.7 Å². The fourth-order valence-electron chi connectivity index (χ4n) is 4.84. The van der Waals surface area contributed by atoms with Crippen molar-refractivity contribution in [3.8, 4) is 0 Å². The lowest BCUT2D eigenvalue weighted by molar-refractivity contribution is 0.0627. The van der Waals surface area contributed by atoms with Crippen LogP contribution in [0.1, 0.15) is 41.0 Å². The van der Waals surface area contributed by atoms with E-state index in [2.05, 4.69) is 19.9 Å². The number of H-pyrrole nitrogens is 1. The molecule has 1 unspecified atom stereocenters. The minimum Gasteiger partial charge on any atom is -0.378 e. The fourth-order valence-corrected chi connectivity index (χ4v) is 4.84. The number of anilines is 1. The van der Waals surface area contributed by atoms with Crippen molar-refractivity contribution < 1.29 is 9.53 Å². The van der Waals surface area contributed by atoms with Crippen molar-refractivity contribution in [3.63, 3.8) is 0 Å². The summed E-state index contributed by atoms with van der Waals surface area (Å²) in [6.07, 6.45) is 7.96. The van der Waals surface area contributed by atoms with Gasteiger partial charge in [-0.15, -0.1) is 0 Å². The van der Waals surface area contributed by atoms with Crippen LogP contribution in [-0.4, -0.2) is 70.1 Å². The summed E-state index contributed by atoms with van der Waals surface area (Å²) in [7, 11) is 0. The lowest BCUT2D eigenvalue weighted by Gasteiger charge is -2.40. The molecule has 2 aliphatic heterocycles. The van der Waals surface area contributed by atoms with E-state index < -0.39 is 0 Å². The summed E-state index contributed by atoms with van der Waals surface area (Å²) < 4.78 is 5.42. The Morgan fingerprint density at radius 3 is 2.83 bits per heavy atom. The molecule has 0 radical (unpaired) electrons. The van der Waals surface area contributed by atoms with E-state index in [0.717, 1.165) is 30.5 Å². The third kappa shape index (κ3) is 3.19. The Labute approximate surface area is 168 Å². The van der Waals surface area contributed by atoms with Gasteiger partial charge < -0.3 is 14.5 Å². The van der Waals surface area contributed by atoms with Gasteiger partial charge in [-0.1, -0.05) is 0 Å². The van der Waals surface area contributed by atoms with E-state index in [1.54, 1.807) is 6.20 Å². The van der Waals surface area contributed by atoms with E-state index >= 15 is 0 Å². The van der Waals surface area contributed by atoms with Crippen molar-refractivity contribution in [2.75, 3.05) is 44.3 Å². The standard InChI is InChI=1S/C20H24N6O3/c27-17-14-2-4-20(16(14)23-19(24-17)25-8-10-29-11-9-25)3-1-7-26(13-20)18(28)15-12-21-5-6-22-15/h5-6,12H,1-4,7-11,13H2,(H,23,24,27). The number of nitrogens with one attached hydrogen (secondary N) is 1. The highest BCUT2D eigenvalue weighted by Crippen LogP contribution is 2.43. The predicted molar refractivity (Wildman–Crippen MR) is 105 cm³/mol. The fraction of sp³-hybridized carbons (Fsp3) is 0.550. The number of hydrogen-bond acceptors (Lipinski definition) is 7. The molecule has 4 heterocycles. The molecule has 2 aromatic rings. The van der Waals surface area contributed by atoms with Crippen LogP contribution in [0.25, 0.3) is 0 Å². The Bertz CT molecular complexity index is 972. The van der Waals surface area contributed by atoms with Crippen molar-refractivity contribution in [1.82, 2.24) is 24.8 Å². The Morgan fingerprint density at radius 1 is 1.17 bits per heavy atom. The first-order chi connectivity index (χ1) is 14.2. The number of amides is 1. The van der Waals surface area contributed by atoms with Crippen molar-refractivity contribution >= 4 is 11.9 Å². The number of nitrogens with zero attached hydrogens (tertiary/aromatic N) is 5. The average molecular weight is 396 g/mol. The maximum Gasteiger partial charge on any atom is 0.274 e. The van der Waals surface area contributed by atoms with Gasteiger partial charge in [0.2, 0.25) is 5.95 Å². The van der Waals surface area contributed by atoms with Gasteiger partial charge in [0.1, 0.15) is 5.69 Å². The highest BCUT2D eigenvalue weighted by Gasteiger charge is 2.46. The number of rotatable bonds is 2. The molecule has 152 valence electrons. The summed E-state index contributed by atoms with van der Waals surface area (Å²) in [6, 6.07) is 0. The Balaban J connectivity index is 1.47. The van der Waals surface area contributed by atoms with Gasteiger partial charge in [0.05, 0.1) is 25.1 Å². The number of ether oxygens (including phenoxy) is 1. The van der Waals surface area contributed by atoms with Crippen LogP contribution < -0.4 is 10.5 Å². The summed E-state index contributed by atoms with van der Waals surface area (Å²) in [5.41, 5.74) is 1.69. The first-order valence-corrected chi connectivity index (χ1v) is 10.2. The topological polar surface area (TPSA) is 104 Å². The number of fused-ring (bicyclic) bond motifs is 2. The molecule has 0 bridgehead atoms. The van der Waals surface area contributed by atoms with Crippen molar-refractivity contribution in [1.29, 1.82) is 0 Å². The Morgan fingerprint density at radius 2 is 2.03 bits per heavy atom. The van der Waals surface area contributed by atoms with Crippen LogP contribution in [0.4, 0.5) is 5.95 Å². The van der Waals surface area contributed by atoms with Gasteiger partial charge in [0.25, 0.3) is 11.5 Å². The normalized spacial score (nSPS) is 24.0. The largest absolute Gasteiger partial charge is 0.378 e. The van der Waals surface area contributed by atoms with Gasteiger partial charge in [0, 0.05) is 49.6 Å². The maximum atomic E-state index is 12.9. The molecular formula is C20H24N6O3. The summed E-state index contributed by atoms with van der Waals surface area (Å²) in [5, 5.41) is 0. The number of aromatic amines is 1. The zero-order valence-corrected chi connectivity index (χ0v) is 16.3. The first-order valence-electron chi connectivity index (χ1n) is 10.2. The lowest BCUT2D eigenvalue weighted by atomic mass is 9.77. The quantitative estimate of drug-likeness (QED) is 0.789. The molecule has 5 rings (SSSR count). The van der Waals surface area contributed by atoms with Crippen molar-refractivity contribution in [3.05, 3.63) is 45.9 Å². The van der Waals surface area contributed by atoms with E-state index in [0.29, 0.717) is 57.5 Å². The number of morpholine rings is 1. The molecule has 29 heavy (non-hydrogen) atoms. The average Bonchev–Trinajstić information content (AvgIpc) is 3.12. The van der Waals surface area contributed by atoms with Crippen LogP contribution in [-0.2, 0) is 16.6 Å². The minimum atomic E-state index is -0.263. The number of hydrogen-bond donors (Lipinski definition) is 1. The van der Waals surface area contributed by atoms with E-state index in [1.165, 1.54) is 12.4 Å². The highest BCUT2D eigenvalue weighted by molar-refractivity contribution is 5.92. The molecule has 1 aliphatic carbocycles. The molecular weight excluding hydrogens is 372 g/mol. The first kappa shape index (κ1) is 18.2. The second kappa shape index (κ2) is 7.22. The number of aromatic nitrogens is 4. The zero-order chi connectivity index (χ0) is 19.8. The van der Waals surface area contributed by atoms with Crippen LogP contribution in [0.15, 0.2) is 23.4 Å². The van der Waals surface area contributed by atoms with Crippen molar-refractivity contribution in [2.24, 2.45) is 0 Å². The molecule has 9 nitrogen and oxygen atoms in total. The molecule has 2 saturated heterocycles. The summed E-state index contributed by atoms with van der Waals surface area (Å²) in [5.74, 6) is 0.513. The van der Waals surface area contributed by atoms with Gasteiger partial charge in [-0.3, -0.25) is 19.6 Å². The Hall–Kier alpha value is -2.81. The molecule has 1 N–H and O–H groups in total. The van der Waals surface area contributed by atoms with Gasteiger partial charge in [0.15, 0.2) is 0 Å². The van der Waals surface area contributed by atoms with Gasteiger partial charge in [-0.2, -0.15) is 0 Å². The molecule has 2 fully saturated rings. The molecule has 0 saturated carbocycles. The smallest absolute Gasteiger partial charge is 0.274 e. The van der Waals surface area contributed by atoms with E-state index in [-0.39, 0.29) is 16.9 Å². The summed E-state index contributed by atoms with van der Waals surface area (Å²) >= 11 is 0. The Kier molecular flexibility index (Phi) is 4.54. The molecule has 1 atom stereocenters.